The molecule has 0 aromatic heterocycles. The summed E-state index contributed by atoms with van der Waals surface area (Å²) in [6.45, 7) is 1.93. The van der Waals surface area contributed by atoms with Gasteiger partial charge in [-0.1, -0.05) is 18.2 Å². The summed E-state index contributed by atoms with van der Waals surface area (Å²) < 4.78 is 5.18. The average molecular weight is 285 g/mol. The highest BCUT2D eigenvalue weighted by Gasteiger charge is 2.07. The highest BCUT2D eigenvalue weighted by atomic mass is 16.5. The standard InChI is InChI=1S/C17H19NO3/c1-12-11-14(8-9-16(12)21-2)18-17(20)10-7-13-5-3-4-6-15(13)19/h3-6,8-9,11,19H,7,10H2,1-2H3,(H,18,20). The van der Waals surface area contributed by atoms with Crippen molar-refractivity contribution in [2.24, 2.45) is 0 Å². The molecule has 0 atom stereocenters. The Balaban J connectivity index is 1.93. The minimum absolute atomic E-state index is 0.0807. The molecule has 2 rings (SSSR count). The van der Waals surface area contributed by atoms with Crippen LogP contribution in [0.1, 0.15) is 17.5 Å². The quantitative estimate of drug-likeness (QED) is 0.886. The number of aromatic hydroxyl groups is 1. The van der Waals surface area contributed by atoms with Crippen LogP contribution in [0.25, 0.3) is 0 Å². The molecule has 4 heteroatoms. The van der Waals surface area contributed by atoms with E-state index in [1.165, 1.54) is 0 Å². The van der Waals surface area contributed by atoms with Crippen LogP contribution < -0.4 is 10.1 Å². The van der Waals surface area contributed by atoms with Crippen LogP contribution in [0.5, 0.6) is 11.5 Å². The van der Waals surface area contributed by atoms with Gasteiger partial charge in [0, 0.05) is 12.1 Å². The van der Waals surface area contributed by atoms with E-state index in [0.717, 1.165) is 22.6 Å². The third-order valence-corrected chi connectivity index (χ3v) is 3.29. The Hall–Kier alpha value is -2.49. The van der Waals surface area contributed by atoms with Crippen molar-refractivity contribution in [1.29, 1.82) is 0 Å². The number of phenolic OH excluding ortho intramolecular Hbond substituents is 1. The van der Waals surface area contributed by atoms with Gasteiger partial charge >= 0.3 is 0 Å². The van der Waals surface area contributed by atoms with Gasteiger partial charge in [0.25, 0.3) is 0 Å². The fraction of sp³-hybridized carbons (Fsp3) is 0.235. The maximum atomic E-state index is 11.9. The number of amides is 1. The number of para-hydroxylation sites is 1. The van der Waals surface area contributed by atoms with Crippen LogP contribution in [0, 0.1) is 6.92 Å². The number of rotatable bonds is 5. The number of phenols is 1. The van der Waals surface area contributed by atoms with Gasteiger partial charge < -0.3 is 15.2 Å². The number of anilines is 1. The van der Waals surface area contributed by atoms with Crippen molar-refractivity contribution in [3.05, 3.63) is 53.6 Å². The van der Waals surface area contributed by atoms with Crippen LogP contribution in [-0.2, 0) is 11.2 Å². The molecule has 110 valence electrons. The molecular weight excluding hydrogens is 266 g/mol. The summed E-state index contributed by atoms with van der Waals surface area (Å²) in [4.78, 5) is 11.9. The summed E-state index contributed by atoms with van der Waals surface area (Å²) >= 11 is 0. The van der Waals surface area contributed by atoms with E-state index in [1.54, 1.807) is 19.2 Å². The molecule has 0 bridgehead atoms. The predicted octanol–water partition coefficient (Wildman–Crippen LogP) is 3.28. The van der Waals surface area contributed by atoms with E-state index < -0.39 is 0 Å². The third kappa shape index (κ3) is 3.99. The minimum atomic E-state index is -0.0807. The van der Waals surface area contributed by atoms with Crippen molar-refractivity contribution in [3.8, 4) is 11.5 Å². The summed E-state index contributed by atoms with van der Waals surface area (Å²) in [5.74, 6) is 0.940. The molecule has 2 aromatic carbocycles. The number of hydrogen-bond donors (Lipinski definition) is 2. The van der Waals surface area contributed by atoms with Gasteiger partial charge in [0.05, 0.1) is 7.11 Å². The first-order valence-corrected chi connectivity index (χ1v) is 6.81. The molecule has 0 unspecified atom stereocenters. The molecule has 0 aliphatic carbocycles. The van der Waals surface area contributed by atoms with Crippen LogP contribution in [0.4, 0.5) is 5.69 Å². The third-order valence-electron chi connectivity index (χ3n) is 3.29. The molecule has 0 spiro atoms. The van der Waals surface area contributed by atoms with E-state index in [0.29, 0.717) is 12.8 Å². The first-order chi connectivity index (χ1) is 10.1. The van der Waals surface area contributed by atoms with Crippen molar-refractivity contribution >= 4 is 11.6 Å². The van der Waals surface area contributed by atoms with Gasteiger partial charge in [-0.2, -0.15) is 0 Å². The number of ether oxygens (including phenoxy) is 1. The van der Waals surface area contributed by atoms with Crippen molar-refractivity contribution < 1.29 is 14.6 Å². The molecule has 0 saturated carbocycles. The lowest BCUT2D eigenvalue weighted by atomic mass is 10.1. The predicted molar refractivity (Wildman–Crippen MR) is 82.8 cm³/mol. The largest absolute Gasteiger partial charge is 0.508 e. The molecule has 4 nitrogen and oxygen atoms in total. The van der Waals surface area contributed by atoms with Gasteiger partial charge in [0.1, 0.15) is 11.5 Å². The molecule has 2 aromatic rings. The molecule has 0 radical (unpaired) electrons. The summed E-state index contributed by atoms with van der Waals surface area (Å²) in [6, 6.07) is 12.6. The lowest BCUT2D eigenvalue weighted by Crippen LogP contribution is -2.12. The SMILES string of the molecule is COc1ccc(NC(=O)CCc2ccccc2O)cc1C. The topological polar surface area (TPSA) is 58.6 Å². The van der Waals surface area contributed by atoms with Gasteiger partial charge in [0.2, 0.25) is 5.91 Å². The summed E-state index contributed by atoms with van der Waals surface area (Å²) in [5, 5.41) is 12.5. The normalized spacial score (nSPS) is 10.2. The van der Waals surface area contributed by atoms with E-state index in [-0.39, 0.29) is 11.7 Å². The molecule has 0 aliphatic heterocycles. The lowest BCUT2D eigenvalue weighted by molar-refractivity contribution is -0.116. The van der Waals surface area contributed by atoms with Crippen LogP contribution in [-0.4, -0.2) is 18.1 Å². The molecular formula is C17H19NO3. The number of methoxy groups -OCH3 is 1. The van der Waals surface area contributed by atoms with E-state index in [1.807, 2.05) is 37.3 Å². The molecule has 21 heavy (non-hydrogen) atoms. The zero-order chi connectivity index (χ0) is 15.2. The van der Waals surface area contributed by atoms with Gasteiger partial charge in [-0.15, -0.1) is 0 Å². The molecule has 0 heterocycles. The Morgan fingerprint density at radius 2 is 2.00 bits per heavy atom. The zero-order valence-corrected chi connectivity index (χ0v) is 12.2. The Morgan fingerprint density at radius 1 is 1.24 bits per heavy atom. The number of benzene rings is 2. The van der Waals surface area contributed by atoms with E-state index in [2.05, 4.69) is 5.32 Å². The summed E-state index contributed by atoms with van der Waals surface area (Å²) in [6.07, 6.45) is 0.830. The molecule has 1 amide bonds. The maximum Gasteiger partial charge on any atom is 0.224 e. The first-order valence-electron chi connectivity index (χ1n) is 6.81. The second-order valence-electron chi connectivity index (χ2n) is 4.86. The fourth-order valence-electron chi connectivity index (χ4n) is 2.15. The summed E-state index contributed by atoms with van der Waals surface area (Å²) in [5.41, 5.74) is 2.49. The Morgan fingerprint density at radius 3 is 2.67 bits per heavy atom. The molecule has 0 fully saturated rings. The summed E-state index contributed by atoms with van der Waals surface area (Å²) in [7, 11) is 1.62. The minimum Gasteiger partial charge on any atom is -0.508 e. The Bertz CT molecular complexity index is 638. The average Bonchev–Trinajstić information content (AvgIpc) is 2.46. The second kappa shape index (κ2) is 6.79. The van der Waals surface area contributed by atoms with Crippen molar-refractivity contribution in [2.75, 3.05) is 12.4 Å². The Kier molecular flexibility index (Phi) is 4.82. The van der Waals surface area contributed by atoms with Crippen molar-refractivity contribution in [1.82, 2.24) is 0 Å². The van der Waals surface area contributed by atoms with Gasteiger partial charge in [-0.3, -0.25) is 4.79 Å². The monoisotopic (exact) mass is 285 g/mol. The molecule has 0 saturated heterocycles. The van der Waals surface area contributed by atoms with Gasteiger partial charge in [-0.25, -0.2) is 0 Å². The zero-order valence-electron chi connectivity index (χ0n) is 12.2. The lowest BCUT2D eigenvalue weighted by Gasteiger charge is -2.09. The van der Waals surface area contributed by atoms with Crippen LogP contribution in [0.3, 0.4) is 0 Å². The number of aryl methyl sites for hydroxylation is 2. The van der Waals surface area contributed by atoms with Crippen molar-refractivity contribution in [3.63, 3.8) is 0 Å². The number of hydrogen-bond acceptors (Lipinski definition) is 3. The van der Waals surface area contributed by atoms with Crippen LogP contribution in [0.15, 0.2) is 42.5 Å². The van der Waals surface area contributed by atoms with E-state index >= 15 is 0 Å². The van der Waals surface area contributed by atoms with Gasteiger partial charge in [0.15, 0.2) is 0 Å². The number of nitrogens with one attached hydrogen (secondary N) is 1. The van der Waals surface area contributed by atoms with E-state index in [4.69, 9.17) is 4.74 Å². The fourth-order valence-corrected chi connectivity index (χ4v) is 2.15. The smallest absolute Gasteiger partial charge is 0.224 e. The maximum absolute atomic E-state index is 11.9. The molecule has 0 aliphatic rings. The second-order valence-corrected chi connectivity index (χ2v) is 4.86. The first kappa shape index (κ1) is 14.9. The van der Waals surface area contributed by atoms with Crippen LogP contribution in [0.2, 0.25) is 0 Å². The highest BCUT2D eigenvalue weighted by Crippen LogP contribution is 2.22. The van der Waals surface area contributed by atoms with Crippen LogP contribution >= 0.6 is 0 Å². The number of carbonyl (C=O) groups is 1. The van der Waals surface area contributed by atoms with E-state index in [9.17, 15) is 9.90 Å². The molecule has 2 N–H and O–H groups in total. The Labute approximate surface area is 124 Å². The highest BCUT2D eigenvalue weighted by molar-refractivity contribution is 5.91. The van der Waals surface area contributed by atoms with Crippen molar-refractivity contribution in [2.45, 2.75) is 19.8 Å². The number of carbonyl (C=O) groups excluding carboxylic acids is 1. The van der Waals surface area contributed by atoms with Gasteiger partial charge in [-0.05, 0) is 48.7 Å².